The van der Waals surface area contributed by atoms with Crippen LogP contribution in [0.5, 0.6) is 0 Å². The molecule has 5 heteroatoms. The smallest absolute Gasteiger partial charge is 0.234 e. The van der Waals surface area contributed by atoms with Gasteiger partial charge in [-0.15, -0.1) is 0 Å². The van der Waals surface area contributed by atoms with Gasteiger partial charge in [0.2, 0.25) is 11.7 Å². The zero-order valence-electron chi connectivity index (χ0n) is 10.5. The second-order valence-electron chi connectivity index (χ2n) is 5.28. The van der Waals surface area contributed by atoms with Crippen LogP contribution in [0.15, 0.2) is 27.5 Å². The summed E-state index contributed by atoms with van der Waals surface area (Å²) in [5, 5.41) is 3.94. The van der Waals surface area contributed by atoms with Crippen LogP contribution in [0.1, 0.15) is 33.6 Å². The Bertz CT molecular complexity index is 492. The van der Waals surface area contributed by atoms with Gasteiger partial charge in [-0.1, -0.05) is 5.16 Å². The molecule has 0 saturated carbocycles. The predicted octanol–water partition coefficient (Wildman–Crippen LogP) is 2.34. The van der Waals surface area contributed by atoms with Gasteiger partial charge < -0.3 is 14.7 Å². The number of hydrogen-bond acceptors (Lipinski definition) is 5. The van der Waals surface area contributed by atoms with E-state index in [9.17, 15) is 0 Å². The highest BCUT2D eigenvalue weighted by Crippen LogP contribution is 2.32. The SMILES string of the molecule is CC(C)(N)C(C)(C)c1nc(-c2ccoc2)no1. The number of nitrogens with zero attached hydrogens (tertiary/aromatic N) is 2. The van der Waals surface area contributed by atoms with Crippen molar-refractivity contribution in [3.05, 3.63) is 24.5 Å². The molecule has 0 aliphatic rings. The minimum absolute atomic E-state index is 0.401. The summed E-state index contributed by atoms with van der Waals surface area (Å²) < 4.78 is 10.3. The van der Waals surface area contributed by atoms with E-state index in [1.165, 1.54) is 0 Å². The zero-order chi connectivity index (χ0) is 12.7. The van der Waals surface area contributed by atoms with E-state index in [1.807, 2.05) is 27.7 Å². The monoisotopic (exact) mass is 235 g/mol. The molecule has 0 bridgehead atoms. The molecule has 0 fully saturated rings. The van der Waals surface area contributed by atoms with Gasteiger partial charge in [0, 0.05) is 5.54 Å². The fourth-order valence-corrected chi connectivity index (χ4v) is 1.26. The Labute approximate surface area is 100.0 Å². The fourth-order valence-electron chi connectivity index (χ4n) is 1.26. The van der Waals surface area contributed by atoms with E-state index in [2.05, 4.69) is 10.1 Å². The molecular weight excluding hydrogens is 218 g/mol. The van der Waals surface area contributed by atoms with Gasteiger partial charge in [-0.25, -0.2) is 0 Å². The molecule has 0 aliphatic carbocycles. The molecule has 2 rings (SSSR count). The Morgan fingerprint density at radius 3 is 2.47 bits per heavy atom. The topological polar surface area (TPSA) is 78.1 Å². The van der Waals surface area contributed by atoms with Crippen molar-refractivity contribution in [1.29, 1.82) is 0 Å². The van der Waals surface area contributed by atoms with Crippen molar-refractivity contribution in [2.24, 2.45) is 5.73 Å². The zero-order valence-corrected chi connectivity index (χ0v) is 10.5. The first-order valence-electron chi connectivity index (χ1n) is 5.48. The van der Waals surface area contributed by atoms with Crippen LogP contribution in [0, 0.1) is 0 Å². The molecule has 0 spiro atoms. The van der Waals surface area contributed by atoms with Crippen LogP contribution in [-0.2, 0) is 5.41 Å². The first-order chi connectivity index (χ1) is 7.82. The Kier molecular flexibility index (Phi) is 2.58. The third kappa shape index (κ3) is 1.98. The molecule has 0 aliphatic heterocycles. The van der Waals surface area contributed by atoms with Crippen molar-refractivity contribution in [3.63, 3.8) is 0 Å². The Balaban J connectivity index is 2.37. The maximum absolute atomic E-state index is 6.13. The molecule has 0 aromatic carbocycles. The molecule has 0 amide bonds. The van der Waals surface area contributed by atoms with Crippen molar-refractivity contribution in [2.75, 3.05) is 0 Å². The van der Waals surface area contributed by atoms with E-state index in [-0.39, 0.29) is 0 Å². The van der Waals surface area contributed by atoms with Crippen LogP contribution in [0.3, 0.4) is 0 Å². The molecule has 92 valence electrons. The molecule has 0 atom stereocenters. The molecule has 2 aromatic heterocycles. The largest absolute Gasteiger partial charge is 0.472 e. The lowest BCUT2D eigenvalue weighted by Crippen LogP contribution is -2.50. The van der Waals surface area contributed by atoms with Crippen LogP contribution in [0.2, 0.25) is 0 Å². The molecule has 2 aromatic rings. The molecular formula is C12H17N3O2. The lowest BCUT2D eigenvalue weighted by Gasteiger charge is -2.34. The average molecular weight is 235 g/mol. The maximum Gasteiger partial charge on any atom is 0.234 e. The van der Waals surface area contributed by atoms with Crippen molar-refractivity contribution in [2.45, 2.75) is 38.6 Å². The fraction of sp³-hybridized carbons (Fsp3) is 0.500. The quantitative estimate of drug-likeness (QED) is 0.883. The molecule has 17 heavy (non-hydrogen) atoms. The summed E-state index contributed by atoms with van der Waals surface area (Å²) >= 11 is 0. The highest BCUT2D eigenvalue weighted by molar-refractivity contribution is 5.51. The van der Waals surface area contributed by atoms with Gasteiger partial charge in [-0.2, -0.15) is 4.98 Å². The molecule has 0 unspecified atom stereocenters. The summed E-state index contributed by atoms with van der Waals surface area (Å²) in [4.78, 5) is 4.37. The van der Waals surface area contributed by atoms with E-state index < -0.39 is 11.0 Å². The van der Waals surface area contributed by atoms with Crippen LogP contribution in [-0.4, -0.2) is 15.7 Å². The van der Waals surface area contributed by atoms with E-state index in [0.717, 1.165) is 5.56 Å². The van der Waals surface area contributed by atoms with E-state index in [1.54, 1.807) is 18.6 Å². The standard InChI is InChI=1S/C12H17N3O2/c1-11(2,12(3,4)13)10-14-9(15-17-10)8-5-6-16-7-8/h5-7H,13H2,1-4H3. The molecule has 0 saturated heterocycles. The lowest BCUT2D eigenvalue weighted by molar-refractivity contribution is 0.223. The predicted molar refractivity (Wildman–Crippen MR) is 63.3 cm³/mol. The van der Waals surface area contributed by atoms with E-state index in [0.29, 0.717) is 11.7 Å². The summed E-state index contributed by atoms with van der Waals surface area (Å²) in [6, 6.07) is 1.79. The van der Waals surface area contributed by atoms with Crippen LogP contribution in [0.25, 0.3) is 11.4 Å². The third-order valence-electron chi connectivity index (χ3n) is 3.35. The highest BCUT2D eigenvalue weighted by atomic mass is 16.5. The summed E-state index contributed by atoms with van der Waals surface area (Å²) in [5.41, 5.74) is 6.07. The maximum atomic E-state index is 6.13. The summed E-state index contributed by atoms with van der Waals surface area (Å²) in [5.74, 6) is 1.05. The second-order valence-corrected chi connectivity index (χ2v) is 5.28. The van der Waals surface area contributed by atoms with E-state index >= 15 is 0 Å². The summed E-state index contributed by atoms with van der Waals surface area (Å²) in [6.07, 6.45) is 3.15. The van der Waals surface area contributed by atoms with Crippen molar-refractivity contribution in [1.82, 2.24) is 10.1 Å². The minimum atomic E-state index is -0.451. The van der Waals surface area contributed by atoms with E-state index in [4.69, 9.17) is 14.7 Å². The summed E-state index contributed by atoms with van der Waals surface area (Å²) in [7, 11) is 0. The van der Waals surface area contributed by atoms with Gasteiger partial charge in [0.1, 0.15) is 6.26 Å². The van der Waals surface area contributed by atoms with Crippen molar-refractivity contribution >= 4 is 0 Å². The Hall–Kier alpha value is -1.62. The Morgan fingerprint density at radius 2 is 1.94 bits per heavy atom. The number of rotatable bonds is 3. The third-order valence-corrected chi connectivity index (χ3v) is 3.35. The molecule has 2 N–H and O–H groups in total. The number of nitrogens with two attached hydrogens (primary N) is 1. The average Bonchev–Trinajstić information content (AvgIpc) is 2.87. The van der Waals surface area contributed by atoms with Crippen molar-refractivity contribution in [3.8, 4) is 11.4 Å². The van der Waals surface area contributed by atoms with Gasteiger partial charge >= 0.3 is 0 Å². The highest BCUT2D eigenvalue weighted by Gasteiger charge is 2.40. The van der Waals surface area contributed by atoms with Gasteiger partial charge in [-0.3, -0.25) is 0 Å². The number of hydrogen-bond donors (Lipinski definition) is 1. The van der Waals surface area contributed by atoms with Crippen LogP contribution < -0.4 is 5.73 Å². The van der Waals surface area contributed by atoms with Crippen LogP contribution in [0.4, 0.5) is 0 Å². The Morgan fingerprint density at radius 1 is 1.24 bits per heavy atom. The molecule has 0 radical (unpaired) electrons. The van der Waals surface area contributed by atoms with Crippen LogP contribution >= 0.6 is 0 Å². The first kappa shape index (κ1) is 11.9. The van der Waals surface area contributed by atoms with Gasteiger partial charge in [-0.05, 0) is 33.8 Å². The molecule has 5 nitrogen and oxygen atoms in total. The molecule has 2 heterocycles. The van der Waals surface area contributed by atoms with Gasteiger partial charge in [0.15, 0.2) is 0 Å². The minimum Gasteiger partial charge on any atom is -0.472 e. The number of furan rings is 1. The lowest BCUT2D eigenvalue weighted by atomic mass is 9.75. The number of aromatic nitrogens is 2. The summed E-state index contributed by atoms with van der Waals surface area (Å²) in [6.45, 7) is 7.85. The second kappa shape index (κ2) is 3.70. The first-order valence-corrected chi connectivity index (χ1v) is 5.48. The van der Waals surface area contributed by atoms with Gasteiger partial charge in [0.05, 0.1) is 17.2 Å². The normalized spacial score (nSPS) is 13.0. The van der Waals surface area contributed by atoms with Gasteiger partial charge in [0.25, 0.3) is 0 Å². The van der Waals surface area contributed by atoms with Crippen molar-refractivity contribution < 1.29 is 8.94 Å².